The Balaban J connectivity index is 2.40. The van der Waals surface area contributed by atoms with Crippen molar-refractivity contribution in [1.82, 2.24) is 9.80 Å². The summed E-state index contributed by atoms with van der Waals surface area (Å²) in [6, 6.07) is -0.896. The smallest absolute Gasteiger partial charge is 0.269 e. The van der Waals surface area contributed by atoms with E-state index in [-0.39, 0.29) is 11.9 Å². The number of hydrogen-bond acceptors (Lipinski definition) is 4. The fourth-order valence-electron chi connectivity index (χ4n) is 2.36. The molecule has 118 valence electrons. The lowest BCUT2D eigenvalue weighted by Crippen LogP contribution is -2.61. The van der Waals surface area contributed by atoms with Crippen LogP contribution in [-0.2, 0) is 4.79 Å². The van der Waals surface area contributed by atoms with Crippen molar-refractivity contribution < 1.29 is 14.2 Å². The molecule has 0 radical (unpaired) electrons. The van der Waals surface area contributed by atoms with Gasteiger partial charge in [0.2, 0.25) is 0 Å². The van der Waals surface area contributed by atoms with Crippen LogP contribution >= 0.6 is 11.8 Å². The number of aliphatic imine (C=N–C) groups is 1. The number of nitrogens with zero attached hydrogens (tertiary/aromatic N) is 4. The summed E-state index contributed by atoms with van der Waals surface area (Å²) in [5.41, 5.74) is 0.940. The van der Waals surface area contributed by atoms with Gasteiger partial charge in [-0.1, -0.05) is 18.7 Å². The Morgan fingerprint density at radius 2 is 2.09 bits per heavy atom. The van der Waals surface area contributed by atoms with Crippen molar-refractivity contribution in [2.45, 2.75) is 19.9 Å². The molecule has 2 aliphatic rings. The SMILES string of the molecule is C=C(C)C[N+]1=C(SC/C=C/C)N=C2C1C(=O)N(C)C(=O)N2C. The Bertz CT molecular complexity index is 621. The minimum atomic E-state index is -0.544. The number of carbonyl (C=O) groups is 2. The first-order valence-electron chi connectivity index (χ1n) is 7.04. The van der Waals surface area contributed by atoms with E-state index in [1.807, 2.05) is 30.6 Å². The number of carbonyl (C=O) groups excluding carboxylic acids is 2. The summed E-state index contributed by atoms with van der Waals surface area (Å²) in [5.74, 6) is 1.02. The number of hydrogen-bond donors (Lipinski definition) is 0. The molecule has 2 rings (SSSR count). The van der Waals surface area contributed by atoms with Crippen LogP contribution in [0.25, 0.3) is 0 Å². The van der Waals surface area contributed by atoms with Crippen molar-refractivity contribution in [2.75, 3.05) is 26.4 Å². The lowest BCUT2D eigenvalue weighted by molar-refractivity contribution is -0.524. The third kappa shape index (κ3) is 2.85. The van der Waals surface area contributed by atoms with Crippen LogP contribution in [0.4, 0.5) is 4.79 Å². The molecule has 0 N–H and O–H groups in total. The molecule has 0 aliphatic carbocycles. The van der Waals surface area contributed by atoms with Crippen molar-refractivity contribution in [3.05, 3.63) is 24.3 Å². The molecular formula is C15H21N4O2S+. The summed E-state index contributed by atoms with van der Waals surface area (Å²) in [4.78, 5) is 31.7. The molecule has 7 heteroatoms. The Labute approximate surface area is 134 Å². The molecule has 0 bridgehead atoms. The van der Waals surface area contributed by atoms with E-state index in [0.717, 1.165) is 21.4 Å². The molecule has 0 saturated carbocycles. The molecule has 1 unspecified atom stereocenters. The number of amides is 3. The van der Waals surface area contributed by atoms with E-state index in [0.29, 0.717) is 12.4 Å². The van der Waals surface area contributed by atoms with Gasteiger partial charge in [0.1, 0.15) is 6.54 Å². The summed E-state index contributed by atoms with van der Waals surface area (Å²) >= 11 is 1.55. The van der Waals surface area contributed by atoms with Crippen LogP contribution in [0.5, 0.6) is 0 Å². The highest BCUT2D eigenvalue weighted by Gasteiger charge is 2.52. The standard InChI is InChI=1S/C15H21N4O2S/c1-6-7-8-22-14-16-12-11(19(14)9-10(2)3)13(20)18(5)15(21)17(12)4/h6-7,11H,2,8-9H2,1,3-5H3/q+1/b7-6+. The summed E-state index contributed by atoms with van der Waals surface area (Å²) in [6.07, 6.45) is 4.00. The summed E-state index contributed by atoms with van der Waals surface area (Å²) in [7, 11) is 3.15. The van der Waals surface area contributed by atoms with E-state index in [1.54, 1.807) is 18.8 Å². The Morgan fingerprint density at radius 1 is 1.41 bits per heavy atom. The molecule has 2 aliphatic heterocycles. The van der Waals surface area contributed by atoms with Crippen molar-refractivity contribution in [3.63, 3.8) is 0 Å². The van der Waals surface area contributed by atoms with Gasteiger partial charge in [-0.05, 0) is 36.2 Å². The van der Waals surface area contributed by atoms with Gasteiger partial charge in [0.05, 0.1) is 0 Å². The molecule has 22 heavy (non-hydrogen) atoms. The monoisotopic (exact) mass is 321 g/mol. The van der Waals surface area contributed by atoms with Gasteiger partial charge in [0, 0.05) is 19.8 Å². The van der Waals surface area contributed by atoms with Crippen molar-refractivity contribution in [2.24, 2.45) is 4.99 Å². The zero-order chi connectivity index (χ0) is 16.4. The average Bonchev–Trinajstić information content (AvgIpc) is 2.81. The maximum atomic E-state index is 12.5. The maximum Gasteiger partial charge on any atom is 0.358 e. The quantitative estimate of drug-likeness (QED) is 0.583. The van der Waals surface area contributed by atoms with Gasteiger partial charge in [-0.15, -0.1) is 0 Å². The minimum Gasteiger partial charge on any atom is -0.269 e. The molecule has 3 amide bonds. The zero-order valence-corrected chi connectivity index (χ0v) is 14.2. The van der Waals surface area contributed by atoms with E-state index >= 15 is 0 Å². The third-order valence-electron chi connectivity index (χ3n) is 3.48. The van der Waals surface area contributed by atoms with Gasteiger partial charge in [0.25, 0.3) is 17.8 Å². The van der Waals surface area contributed by atoms with Gasteiger partial charge < -0.3 is 0 Å². The molecule has 0 aromatic carbocycles. The second-order valence-electron chi connectivity index (χ2n) is 5.36. The van der Waals surface area contributed by atoms with Crippen LogP contribution in [0.2, 0.25) is 0 Å². The van der Waals surface area contributed by atoms with E-state index in [2.05, 4.69) is 11.6 Å². The second kappa shape index (κ2) is 6.48. The molecule has 2 heterocycles. The number of amidine groups is 2. The largest absolute Gasteiger partial charge is 0.358 e. The average molecular weight is 321 g/mol. The molecule has 1 atom stereocenters. The molecule has 1 saturated heterocycles. The van der Waals surface area contributed by atoms with Crippen molar-refractivity contribution >= 4 is 34.7 Å². The molecule has 0 aromatic heterocycles. The highest BCUT2D eigenvalue weighted by atomic mass is 32.2. The second-order valence-corrected chi connectivity index (χ2v) is 6.35. The van der Waals surface area contributed by atoms with Crippen LogP contribution in [0, 0.1) is 0 Å². The van der Waals surface area contributed by atoms with Crippen molar-refractivity contribution in [3.8, 4) is 0 Å². The predicted molar refractivity (Wildman–Crippen MR) is 89.4 cm³/mol. The highest BCUT2D eigenvalue weighted by molar-refractivity contribution is 8.13. The van der Waals surface area contributed by atoms with E-state index < -0.39 is 6.04 Å². The number of likely N-dealkylation sites (N-methyl/N-ethyl adjacent to an activating group) is 2. The van der Waals surface area contributed by atoms with Gasteiger partial charge in [0.15, 0.2) is 0 Å². The molecule has 0 spiro atoms. The third-order valence-corrected chi connectivity index (χ3v) is 4.42. The lowest BCUT2D eigenvalue weighted by atomic mass is 10.1. The predicted octanol–water partition coefficient (Wildman–Crippen LogP) is 1.54. The van der Waals surface area contributed by atoms with Crippen LogP contribution in [-0.4, -0.2) is 69.8 Å². The van der Waals surface area contributed by atoms with Crippen LogP contribution in [0.15, 0.2) is 29.3 Å². The van der Waals surface area contributed by atoms with E-state index in [1.165, 1.54) is 11.9 Å². The first kappa shape index (κ1) is 16.5. The van der Waals surface area contributed by atoms with E-state index in [9.17, 15) is 9.59 Å². The summed E-state index contributed by atoms with van der Waals surface area (Å²) in [6.45, 7) is 8.34. The number of imide groups is 1. The number of allylic oxidation sites excluding steroid dienone is 1. The Morgan fingerprint density at radius 3 is 2.68 bits per heavy atom. The van der Waals surface area contributed by atoms with Crippen molar-refractivity contribution in [1.29, 1.82) is 0 Å². The Kier molecular flexibility index (Phi) is 4.85. The normalized spacial score (nSPS) is 21.8. The molecular weight excluding hydrogens is 300 g/mol. The van der Waals surface area contributed by atoms with Gasteiger partial charge in [-0.2, -0.15) is 0 Å². The summed E-state index contributed by atoms with van der Waals surface area (Å²) < 4.78 is 1.92. The molecule has 6 nitrogen and oxygen atoms in total. The maximum absolute atomic E-state index is 12.5. The molecule has 1 fully saturated rings. The minimum absolute atomic E-state index is 0.246. The highest BCUT2D eigenvalue weighted by Crippen LogP contribution is 2.23. The van der Waals surface area contributed by atoms with Gasteiger partial charge in [-0.3, -0.25) is 14.6 Å². The summed E-state index contributed by atoms with van der Waals surface area (Å²) in [5, 5.41) is 0.754. The zero-order valence-electron chi connectivity index (χ0n) is 13.4. The van der Waals surface area contributed by atoms with Crippen LogP contribution in [0.3, 0.4) is 0 Å². The number of rotatable bonds is 4. The first-order chi connectivity index (χ1) is 10.4. The first-order valence-corrected chi connectivity index (χ1v) is 8.02. The lowest BCUT2D eigenvalue weighted by Gasteiger charge is -2.30. The number of fused-ring (bicyclic) bond motifs is 1. The fourth-order valence-corrected chi connectivity index (χ4v) is 3.29. The molecule has 0 aromatic rings. The number of thioether (sulfide) groups is 1. The van der Waals surface area contributed by atoms with Gasteiger partial charge >= 0.3 is 11.2 Å². The van der Waals surface area contributed by atoms with Crippen LogP contribution < -0.4 is 0 Å². The van der Waals surface area contributed by atoms with E-state index in [4.69, 9.17) is 0 Å². The number of urea groups is 1. The fraction of sp³-hybridized carbons (Fsp3) is 0.467. The van der Waals surface area contributed by atoms with Crippen LogP contribution in [0.1, 0.15) is 13.8 Å². The topological polar surface area (TPSA) is 56.0 Å². The van der Waals surface area contributed by atoms with Gasteiger partial charge in [-0.25, -0.2) is 9.37 Å². The Hall–Kier alpha value is -1.89.